The van der Waals surface area contributed by atoms with Crippen molar-refractivity contribution in [1.29, 1.82) is 0 Å². The molecule has 0 aromatic heterocycles. The Morgan fingerprint density at radius 2 is 0.897 bits per heavy atom. The lowest BCUT2D eigenvalue weighted by Crippen LogP contribution is -2.46. The van der Waals surface area contributed by atoms with Gasteiger partial charge in [0.05, 0.1) is 0 Å². The fourth-order valence-electron chi connectivity index (χ4n) is 4.23. The number of rotatable bonds is 11. The number of alkyl halides is 2. The lowest BCUT2D eigenvalue weighted by atomic mass is 10.0. The predicted molar refractivity (Wildman–Crippen MR) is 136 cm³/mol. The Balaban J connectivity index is 6.18. The van der Waals surface area contributed by atoms with Gasteiger partial charge in [0.2, 0.25) is 0 Å². The highest BCUT2D eigenvalue weighted by atomic mass is 28.3. The van der Waals surface area contributed by atoms with Crippen molar-refractivity contribution in [2.75, 3.05) is 0 Å². The zero-order chi connectivity index (χ0) is 23.7. The average Bonchev–Trinajstić information content (AvgIpc) is 2.28. The van der Waals surface area contributed by atoms with Crippen LogP contribution in [0.2, 0.25) is 103 Å². The third-order valence-corrected chi connectivity index (χ3v) is 10.9. The lowest BCUT2D eigenvalue weighted by molar-refractivity contribution is -0.123. The van der Waals surface area contributed by atoms with E-state index in [9.17, 15) is 9.90 Å². The number of aliphatic hydroxyl groups excluding tert-OH is 1. The molecule has 0 aromatic carbocycles. The van der Waals surface area contributed by atoms with Crippen LogP contribution in [-0.2, 0) is 4.79 Å². The molecule has 0 aliphatic heterocycles. The third-order valence-electron chi connectivity index (χ3n) is 4.41. The number of halogens is 2. The topological polar surface area (TPSA) is 37.3 Å². The number of allylic oxidation sites excluding steroid dienone is 2. The second kappa shape index (κ2) is 9.20. The van der Waals surface area contributed by atoms with Gasteiger partial charge in [-0.15, -0.1) is 0 Å². The third kappa shape index (κ3) is 11.8. The van der Waals surface area contributed by atoms with E-state index in [2.05, 4.69) is 39.3 Å². The zero-order valence-corrected chi connectivity index (χ0v) is 25.0. The van der Waals surface area contributed by atoms with Crippen LogP contribution in [0, 0.1) is 0 Å². The molecule has 0 fully saturated rings. The molecular weight excluding hydrogens is 435 g/mol. The van der Waals surface area contributed by atoms with Crippen LogP contribution >= 0.6 is 0 Å². The van der Waals surface area contributed by atoms with Crippen molar-refractivity contribution in [2.24, 2.45) is 0 Å². The minimum absolute atomic E-state index is 0.203. The highest BCUT2D eigenvalue weighted by Crippen LogP contribution is 2.40. The maximum Gasteiger partial charge on any atom is 0.195 e. The van der Waals surface area contributed by atoms with Crippen LogP contribution in [0.1, 0.15) is 0 Å². The minimum atomic E-state index is -2.01. The van der Waals surface area contributed by atoms with Gasteiger partial charge in [0.15, 0.2) is 17.1 Å². The van der Waals surface area contributed by atoms with Crippen molar-refractivity contribution < 1.29 is 18.7 Å². The molecule has 0 radical (unpaired) electrons. The molecule has 0 aliphatic rings. The van der Waals surface area contributed by atoms with E-state index < -0.39 is 55.2 Å². The molecule has 8 heteroatoms. The first-order valence-electron chi connectivity index (χ1n) is 10.7. The Hall–Kier alpha value is -0.0625. The molecule has 0 saturated carbocycles. The molecule has 0 rings (SSSR count). The molecule has 29 heavy (non-hydrogen) atoms. The number of ketones is 1. The predicted octanol–water partition coefficient (Wildman–Crippen LogP) is 7.77. The summed E-state index contributed by atoms with van der Waals surface area (Å²) in [6, 6.07) is 0.880. The molecule has 0 aliphatic carbocycles. The van der Waals surface area contributed by atoms with Crippen molar-refractivity contribution in [3.8, 4) is 0 Å². The maximum atomic E-state index is 16.1. The van der Waals surface area contributed by atoms with E-state index in [-0.39, 0.29) is 24.2 Å². The molecule has 0 atom stereocenters. The Labute approximate surface area is 182 Å². The summed E-state index contributed by atoms with van der Waals surface area (Å²) >= 11 is 0. The van der Waals surface area contributed by atoms with Crippen LogP contribution in [0.3, 0.4) is 0 Å². The number of carbonyl (C=O) groups is 1. The Kier molecular flexibility index (Phi) is 9.18. The van der Waals surface area contributed by atoms with E-state index in [1.165, 1.54) is 0 Å². The smallest absolute Gasteiger partial charge is 0.195 e. The molecule has 0 heterocycles. The van der Waals surface area contributed by atoms with Crippen LogP contribution in [-0.4, -0.2) is 54.5 Å². The summed E-state index contributed by atoms with van der Waals surface area (Å²) in [6.07, 6.45) is 0.917. The van der Waals surface area contributed by atoms with Gasteiger partial charge in [0.1, 0.15) is 5.76 Å². The van der Waals surface area contributed by atoms with Gasteiger partial charge in [-0.2, -0.15) is 0 Å². The van der Waals surface area contributed by atoms with Gasteiger partial charge in [-0.3, -0.25) is 4.79 Å². The summed E-state index contributed by atoms with van der Waals surface area (Å²) in [6.45, 7) is 24.6. The first-order chi connectivity index (χ1) is 12.4. The molecule has 0 unspecified atom stereocenters. The Bertz CT molecular complexity index is 574. The Morgan fingerprint density at radius 3 is 1.14 bits per heavy atom. The SMILES string of the molecule is C[Si](C)(C)CC(F)(C[Si](C)(C)C)C(=O)/C=C(\O)C(F)(C[Si](C)(C)C)C[Si](C)(C)C. The second-order valence-electron chi connectivity index (χ2n) is 13.8. The van der Waals surface area contributed by atoms with E-state index in [1.54, 1.807) is 0 Å². The molecule has 0 bridgehead atoms. The van der Waals surface area contributed by atoms with Crippen molar-refractivity contribution >= 4 is 38.1 Å². The van der Waals surface area contributed by atoms with Gasteiger partial charge < -0.3 is 5.11 Å². The van der Waals surface area contributed by atoms with Gasteiger partial charge in [-0.25, -0.2) is 8.78 Å². The van der Waals surface area contributed by atoms with Crippen molar-refractivity contribution in [3.63, 3.8) is 0 Å². The molecule has 0 amide bonds. The molecule has 0 spiro atoms. The average molecular weight is 481 g/mol. The summed E-state index contributed by atoms with van der Waals surface area (Å²) in [5, 5.41) is 10.8. The summed E-state index contributed by atoms with van der Waals surface area (Å²) in [7, 11) is -7.53. The van der Waals surface area contributed by atoms with Crippen LogP contribution < -0.4 is 0 Å². The van der Waals surface area contributed by atoms with E-state index in [1.807, 2.05) is 39.3 Å². The fourth-order valence-corrected chi connectivity index (χ4v) is 12.7. The highest BCUT2D eigenvalue weighted by Gasteiger charge is 2.47. The molecule has 2 nitrogen and oxygen atoms in total. The summed E-state index contributed by atoms with van der Waals surface area (Å²) < 4.78 is 32.2. The first-order valence-corrected chi connectivity index (χ1v) is 25.5. The standard InChI is InChI=1S/C21H46F2O2Si4/c1-26(2,3)14-20(22,15-27(4,5)6)18(24)13-19(25)21(23,16-28(7,8)9)17-29(10,11)12/h13,24H,14-17H2,1-12H3/b18-13-. The second-order valence-corrected chi connectivity index (χ2v) is 35.7. The quantitative estimate of drug-likeness (QED) is 0.186. The van der Waals surface area contributed by atoms with Crippen molar-refractivity contribution in [2.45, 2.75) is 114 Å². The summed E-state index contributed by atoms with van der Waals surface area (Å²) in [5.41, 5.74) is -3.95. The Morgan fingerprint density at radius 1 is 0.655 bits per heavy atom. The minimum Gasteiger partial charge on any atom is -0.509 e. The summed E-state index contributed by atoms with van der Waals surface area (Å²) in [5.74, 6) is -1.30. The van der Waals surface area contributed by atoms with Gasteiger partial charge in [0, 0.05) is 38.4 Å². The van der Waals surface area contributed by atoms with Crippen molar-refractivity contribution in [3.05, 3.63) is 11.8 Å². The molecular formula is C21H46F2O2Si4. The highest BCUT2D eigenvalue weighted by molar-refractivity contribution is 6.79. The first kappa shape index (κ1) is 28.9. The molecule has 0 aromatic rings. The maximum absolute atomic E-state index is 16.1. The van der Waals surface area contributed by atoms with Crippen LogP contribution in [0.25, 0.3) is 0 Å². The van der Waals surface area contributed by atoms with E-state index in [0.717, 1.165) is 6.08 Å². The number of carbonyl (C=O) groups excluding carboxylic acids is 1. The molecule has 172 valence electrons. The van der Waals surface area contributed by atoms with Gasteiger partial charge in [-0.05, 0) is 24.2 Å². The molecule has 1 N–H and O–H groups in total. The van der Waals surface area contributed by atoms with E-state index in [4.69, 9.17) is 0 Å². The van der Waals surface area contributed by atoms with E-state index >= 15 is 8.78 Å². The van der Waals surface area contributed by atoms with Crippen LogP contribution in [0.5, 0.6) is 0 Å². The fraction of sp³-hybridized carbons (Fsp3) is 0.857. The van der Waals surface area contributed by atoms with Crippen LogP contribution in [0.15, 0.2) is 11.8 Å². The number of hydrogen-bond acceptors (Lipinski definition) is 2. The largest absolute Gasteiger partial charge is 0.509 e. The van der Waals surface area contributed by atoms with Gasteiger partial charge in [-0.1, -0.05) is 78.6 Å². The zero-order valence-electron chi connectivity index (χ0n) is 21.0. The van der Waals surface area contributed by atoms with E-state index in [0.29, 0.717) is 0 Å². The van der Waals surface area contributed by atoms with Crippen molar-refractivity contribution in [1.82, 2.24) is 0 Å². The number of aliphatic hydroxyl groups is 1. The lowest BCUT2D eigenvalue weighted by Gasteiger charge is -2.36. The monoisotopic (exact) mass is 480 g/mol. The normalized spacial score (nSPS) is 15.6. The number of hydrogen-bond donors (Lipinski definition) is 1. The van der Waals surface area contributed by atoms with Gasteiger partial charge >= 0.3 is 0 Å². The molecule has 0 saturated heterocycles. The van der Waals surface area contributed by atoms with Gasteiger partial charge in [0.25, 0.3) is 0 Å². The summed E-state index contributed by atoms with van der Waals surface area (Å²) in [4.78, 5) is 13.1. The van der Waals surface area contributed by atoms with Crippen LogP contribution in [0.4, 0.5) is 8.78 Å².